The Balaban J connectivity index is 5.49. The van der Waals surface area contributed by atoms with E-state index in [1.165, 1.54) is 6.92 Å². The van der Waals surface area contributed by atoms with Crippen molar-refractivity contribution in [3.63, 3.8) is 0 Å². The van der Waals surface area contributed by atoms with Gasteiger partial charge in [0.2, 0.25) is 29.5 Å². The van der Waals surface area contributed by atoms with Gasteiger partial charge in [-0.3, -0.25) is 24.0 Å². The first kappa shape index (κ1) is 29.7. The van der Waals surface area contributed by atoms with Gasteiger partial charge in [-0.2, -0.15) is 0 Å². The Labute approximate surface area is 191 Å². The van der Waals surface area contributed by atoms with E-state index in [-0.39, 0.29) is 25.7 Å². The monoisotopic (exact) mass is 474 g/mol. The lowest BCUT2D eigenvalue weighted by Crippen LogP contribution is -2.59. The molecule has 0 saturated carbocycles. The molecule has 0 fully saturated rings. The van der Waals surface area contributed by atoms with Crippen LogP contribution in [0, 0.1) is 5.92 Å². The van der Waals surface area contributed by atoms with Gasteiger partial charge in [0.1, 0.15) is 24.2 Å². The SMILES string of the molecule is CC(C)C(NC(=O)C(CCC(N)=O)NC(=O)C(N)C(C)O)C(=O)NC(CCC(N)=O)C(=O)O. The number of rotatable bonds is 15. The number of nitrogens with one attached hydrogen (secondary N) is 3. The minimum absolute atomic E-state index is 0.206. The third-order valence-electron chi connectivity index (χ3n) is 4.68. The molecule has 11 N–H and O–H groups in total. The van der Waals surface area contributed by atoms with Crippen molar-refractivity contribution in [2.75, 3.05) is 0 Å². The van der Waals surface area contributed by atoms with Crippen LogP contribution in [0.3, 0.4) is 0 Å². The molecule has 5 unspecified atom stereocenters. The van der Waals surface area contributed by atoms with Crippen molar-refractivity contribution in [3.8, 4) is 0 Å². The Morgan fingerprint density at radius 1 is 0.758 bits per heavy atom. The number of aliphatic carboxylic acids is 1. The Kier molecular flexibility index (Phi) is 12.6. The fourth-order valence-electron chi connectivity index (χ4n) is 2.64. The van der Waals surface area contributed by atoms with E-state index in [4.69, 9.17) is 17.2 Å². The second-order valence-corrected chi connectivity index (χ2v) is 7.97. The molecule has 0 radical (unpaired) electrons. The molecule has 0 aliphatic heterocycles. The van der Waals surface area contributed by atoms with E-state index in [1.54, 1.807) is 13.8 Å². The summed E-state index contributed by atoms with van der Waals surface area (Å²) < 4.78 is 0. The number of carbonyl (C=O) groups is 6. The quantitative estimate of drug-likeness (QED) is 0.116. The predicted molar refractivity (Wildman–Crippen MR) is 115 cm³/mol. The van der Waals surface area contributed by atoms with Crippen molar-refractivity contribution >= 4 is 35.5 Å². The Morgan fingerprint density at radius 2 is 1.21 bits per heavy atom. The van der Waals surface area contributed by atoms with E-state index >= 15 is 0 Å². The first-order valence-electron chi connectivity index (χ1n) is 10.3. The van der Waals surface area contributed by atoms with Crippen LogP contribution < -0.4 is 33.2 Å². The van der Waals surface area contributed by atoms with Gasteiger partial charge in [0, 0.05) is 12.8 Å². The van der Waals surface area contributed by atoms with E-state index in [9.17, 15) is 39.0 Å². The average molecular weight is 475 g/mol. The van der Waals surface area contributed by atoms with Crippen LogP contribution in [0.25, 0.3) is 0 Å². The number of carbonyl (C=O) groups excluding carboxylic acids is 5. The topological polar surface area (TPSA) is 257 Å². The number of nitrogens with two attached hydrogens (primary N) is 3. The molecule has 0 aromatic heterocycles. The Hall–Kier alpha value is -3.26. The van der Waals surface area contributed by atoms with Crippen molar-refractivity contribution < 1.29 is 39.0 Å². The number of primary amides is 2. The summed E-state index contributed by atoms with van der Waals surface area (Å²) in [7, 11) is 0. The van der Waals surface area contributed by atoms with E-state index in [0.717, 1.165) is 0 Å². The molecule has 14 nitrogen and oxygen atoms in total. The number of aliphatic hydroxyl groups is 1. The van der Waals surface area contributed by atoms with Crippen LogP contribution in [0.2, 0.25) is 0 Å². The number of hydrogen-bond donors (Lipinski definition) is 8. The minimum atomic E-state index is -1.42. The molecule has 0 aromatic carbocycles. The zero-order chi connectivity index (χ0) is 25.9. The first-order valence-corrected chi connectivity index (χ1v) is 10.3. The molecule has 14 heteroatoms. The number of carboxylic acid groups (broad SMARTS) is 1. The molecule has 33 heavy (non-hydrogen) atoms. The van der Waals surface area contributed by atoms with Crippen molar-refractivity contribution in [1.29, 1.82) is 0 Å². The molecule has 5 amide bonds. The highest BCUT2D eigenvalue weighted by Crippen LogP contribution is 2.07. The molecular weight excluding hydrogens is 440 g/mol. The van der Waals surface area contributed by atoms with Crippen molar-refractivity contribution in [3.05, 3.63) is 0 Å². The van der Waals surface area contributed by atoms with Crippen LogP contribution >= 0.6 is 0 Å². The molecule has 0 heterocycles. The van der Waals surface area contributed by atoms with E-state index in [0.29, 0.717) is 0 Å². The van der Waals surface area contributed by atoms with Crippen LogP contribution in [-0.2, 0) is 28.8 Å². The molecule has 0 aromatic rings. The summed E-state index contributed by atoms with van der Waals surface area (Å²) in [4.78, 5) is 71.1. The van der Waals surface area contributed by atoms with Gasteiger partial charge >= 0.3 is 5.97 Å². The summed E-state index contributed by atoms with van der Waals surface area (Å²) in [5.74, 6) is -5.93. The lowest BCUT2D eigenvalue weighted by molar-refractivity contribution is -0.143. The lowest BCUT2D eigenvalue weighted by Gasteiger charge is -2.27. The molecular formula is C19H34N6O8. The Morgan fingerprint density at radius 3 is 1.61 bits per heavy atom. The summed E-state index contributed by atoms with van der Waals surface area (Å²) in [5, 5.41) is 25.7. The maximum absolute atomic E-state index is 12.8. The largest absolute Gasteiger partial charge is 0.480 e. The third-order valence-corrected chi connectivity index (χ3v) is 4.68. The molecule has 0 spiro atoms. The summed E-state index contributed by atoms with van der Waals surface area (Å²) in [6, 6.07) is -5.29. The average Bonchev–Trinajstić information content (AvgIpc) is 2.70. The fourth-order valence-corrected chi connectivity index (χ4v) is 2.64. The van der Waals surface area contributed by atoms with Crippen LogP contribution in [0.1, 0.15) is 46.5 Å². The van der Waals surface area contributed by atoms with Crippen molar-refractivity contribution in [1.82, 2.24) is 16.0 Å². The van der Waals surface area contributed by atoms with Gasteiger partial charge in [0.05, 0.1) is 6.10 Å². The second kappa shape index (κ2) is 14.0. The summed E-state index contributed by atoms with van der Waals surface area (Å²) in [6.07, 6.45) is -2.21. The van der Waals surface area contributed by atoms with Gasteiger partial charge in [-0.1, -0.05) is 13.8 Å². The molecule has 0 bridgehead atoms. The summed E-state index contributed by atoms with van der Waals surface area (Å²) in [5.41, 5.74) is 15.7. The number of amides is 5. The zero-order valence-corrected chi connectivity index (χ0v) is 18.9. The predicted octanol–water partition coefficient (Wildman–Crippen LogP) is -3.58. The van der Waals surface area contributed by atoms with E-state index in [2.05, 4.69) is 16.0 Å². The van der Waals surface area contributed by atoms with Crippen LogP contribution in [-0.4, -0.2) is 76.0 Å². The van der Waals surface area contributed by atoms with Gasteiger partial charge in [0.15, 0.2) is 0 Å². The van der Waals surface area contributed by atoms with Gasteiger partial charge in [-0.05, 0) is 25.7 Å². The second-order valence-electron chi connectivity index (χ2n) is 7.97. The summed E-state index contributed by atoms with van der Waals surface area (Å²) in [6.45, 7) is 4.45. The van der Waals surface area contributed by atoms with Crippen molar-refractivity contribution in [2.24, 2.45) is 23.1 Å². The van der Waals surface area contributed by atoms with Crippen LogP contribution in [0.15, 0.2) is 0 Å². The van der Waals surface area contributed by atoms with Gasteiger partial charge < -0.3 is 43.4 Å². The standard InChI is InChI=1S/C19H34N6O8/c1-8(2)15(18(31)24-11(19(32)33)5-7-13(21)28)25-16(29)10(4-6-12(20)27)23-17(30)14(22)9(3)26/h8-11,14-15,26H,4-7,22H2,1-3H3,(H2,20,27)(H2,21,28)(H,23,30)(H,24,31)(H,25,29)(H,32,33). The highest BCUT2D eigenvalue weighted by Gasteiger charge is 2.32. The minimum Gasteiger partial charge on any atom is -0.480 e. The smallest absolute Gasteiger partial charge is 0.326 e. The number of aliphatic hydroxyl groups excluding tert-OH is 1. The maximum Gasteiger partial charge on any atom is 0.326 e. The maximum atomic E-state index is 12.8. The normalized spacial score (nSPS) is 15.5. The molecule has 0 rings (SSSR count). The van der Waals surface area contributed by atoms with Gasteiger partial charge in [0.25, 0.3) is 0 Å². The summed E-state index contributed by atoms with van der Waals surface area (Å²) >= 11 is 0. The van der Waals surface area contributed by atoms with Gasteiger partial charge in [-0.15, -0.1) is 0 Å². The number of hydrogen-bond acceptors (Lipinski definition) is 8. The molecule has 0 saturated heterocycles. The molecule has 5 atom stereocenters. The molecule has 188 valence electrons. The number of carboxylic acids is 1. The lowest BCUT2D eigenvalue weighted by atomic mass is 10.0. The van der Waals surface area contributed by atoms with E-state index in [1.807, 2.05) is 0 Å². The third kappa shape index (κ3) is 11.2. The zero-order valence-electron chi connectivity index (χ0n) is 18.9. The molecule has 0 aliphatic rings. The van der Waals surface area contributed by atoms with Crippen molar-refractivity contribution in [2.45, 2.75) is 76.7 Å². The van der Waals surface area contributed by atoms with Crippen LogP contribution in [0.5, 0.6) is 0 Å². The first-order chi connectivity index (χ1) is 15.2. The highest BCUT2D eigenvalue weighted by molar-refractivity contribution is 5.94. The van der Waals surface area contributed by atoms with Gasteiger partial charge in [-0.25, -0.2) is 4.79 Å². The molecule has 0 aliphatic carbocycles. The Bertz CT molecular complexity index is 742. The fraction of sp³-hybridized carbons (Fsp3) is 0.684. The van der Waals surface area contributed by atoms with E-state index < -0.39 is 71.7 Å². The van der Waals surface area contributed by atoms with Crippen LogP contribution in [0.4, 0.5) is 0 Å². The highest BCUT2D eigenvalue weighted by atomic mass is 16.4.